The van der Waals surface area contributed by atoms with Gasteiger partial charge in [0.25, 0.3) is 0 Å². The summed E-state index contributed by atoms with van der Waals surface area (Å²) < 4.78 is 0. The molecule has 3 atom stereocenters. The Morgan fingerprint density at radius 1 is 1.24 bits per heavy atom. The topological polar surface area (TPSA) is 78.4 Å². The Morgan fingerprint density at radius 3 is 2.48 bits per heavy atom. The van der Waals surface area contributed by atoms with Crippen LogP contribution < -0.4 is 10.6 Å². The average Bonchev–Trinajstić information content (AvgIpc) is 2.95. The molecule has 1 aliphatic carbocycles. The Morgan fingerprint density at radius 2 is 1.92 bits per heavy atom. The smallest absolute Gasteiger partial charge is 0.314 e. The predicted octanol–water partition coefficient (Wildman–Crippen LogP) is 4.29. The van der Waals surface area contributed by atoms with E-state index in [9.17, 15) is 14.7 Å². The van der Waals surface area contributed by atoms with Crippen molar-refractivity contribution in [2.24, 2.45) is 11.8 Å². The first-order valence-corrected chi connectivity index (χ1v) is 9.34. The van der Waals surface area contributed by atoms with Crippen molar-refractivity contribution in [1.29, 1.82) is 0 Å². The quantitative estimate of drug-likeness (QED) is 0.653. The van der Waals surface area contributed by atoms with Gasteiger partial charge in [-0.2, -0.15) is 0 Å². The maximum Gasteiger partial charge on any atom is 0.314 e. The third kappa shape index (κ3) is 5.51. The van der Waals surface area contributed by atoms with E-state index in [1.165, 1.54) is 19.3 Å². The lowest BCUT2D eigenvalue weighted by molar-refractivity contribution is -0.138. The zero-order valence-electron chi connectivity index (χ0n) is 14.2. The molecule has 1 aliphatic rings. The van der Waals surface area contributed by atoms with Gasteiger partial charge in [0.1, 0.15) is 5.92 Å². The number of carbonyl (C=O) groups excluding carboxylic acids is 1. The molecular formula is C18H24Cl2N2O3. The summed E-state index contributed by atoms with van der Waals surface area (Å²) in [6, 6.07) is 4.44. The number of benzene rings is 1. The highest BCUT2D eigenvalue weighted by Crippen LogP contribution is 2.33. The van der Waals surface area contributed by atoms with Crippen molar-refractivity contribution in [3.8, 4) is 0 Å². The summed E-state index contributed by atoms with van der Waals surface area (Å²) in [6.07, 6.45) is 4.69. The minimum absolute atomic E-state index is 0.0789. The third-order valence-electron chi connectivity index (χ3n) is 4.95. The van der Waals surface area contributed by atoms with Crippen LogP contribution in [0.2, 0.25) is 10.0 Å². The Hall–Kier alpha value is -1.46. The first kappa shape index (κ1) is 19.9. The molecule has 2 amide bonds. The summed E-state index contributed by atoms with van der Waals surface area (Å²) in [5, 5.41) is 15.4. The Bertz CT molecular complexity index is 604. The zero-order valence-corrected chi connectivity index (χ0v) is 15.7. The van der Waals surface area contributed by atoms with Crippen LogP contribution >= 0.6 is 23.2 Å². The molecular weight excluding hydrogens is 363 g/mol. The van der Waals surface area contributed by atoms with E-state index < -0.39 is 11.9 Å². The molecule has 0 spiro atoms. The molecule has 0 aliphatic heterocycles. The van der Waals surface area contributed by atoms with Gasteiger partial charge in [-0.15, -0.1) is 0 Å². The van der Waals surface area contributed by atoms with Gasteiger partial charge in [0, 0.05) is 28.7 Å². The number of rotatable bonds is 7. The molecule has 0 radical (unpaired) electrons. The number of hydrogen-bond donors (Lipinski definition) is 3. The fourth-order valence-corrected chi connectivity index (χ4v) is 4.10. The van der Waals surface area contributed by atoms with Gasteiger partial charge in [-0.25, -0.2) is 4.79 Å². The Balaban J connectivity index is 1.84. The fraction of sp³-hybridized carbons (Fsp3) is 0.556. The number of aliphatic carboxylic acids is 1. The van der Waals surface area contributed by atoms with E-state index in [1.807, 2.05) is 0 Å². The van der Waals surface area contributed by atoms with Gasteiger partial charge in [-0.1, -0.05) is 55.5 Å². The number of carboxylic acid groups (broad SMARTS) is 1. The van der Waals surface area contributed by atoms with Crippen LogP contribution in [0.4, 0.5) is 4.79 Å². The van der Waals surface area contributed by atoms with Crippen molar-refractivity contribution in [2.75, 3.05) is 13.1 Å². The lowest BCUT2D eigenvalue weighted by Gasteiger charge is -2.18. The lowest BCUT2D eigenvalue weighted by atomic mass is 9.95. The molecule has 1 aromatic carbocycles. The van der Waals surface area contributed by atoms with Crippen molar-refractivity contribution >= 4 is 35.2 Å². The summed E-state index contributed by atoms with van der Waals surface area (Å²) in [4.78, 5) is 23.5. The highest BCUT2D eigenvalue weighted by atomic mass is 35.5. The summed E-state index contributed by atoms with van der Waals surface area (Å²) in [6.45, 7) is 2.76. The first-order chi connectivity index (χ1) is 11.9. The molecule has 2 rings (SSSR count). The number of urea groups is 1. The molecule has 0 saturated heterocycles. The summed E-state index contributed by atoms with van der Waals surface area (Å²) in [5.41, 5.74) is 0.318. The molecule has 0 bridgehead atoms. The van der Waals surface area contributed by atoms with E-state index in [-0.39, 0.29) is 22.6 Å². The van der Waals surface area contributed by atoms with Crippen molar-refractivity contribution in [3.05, 3.63) is 33.8 Å². The van der Waals surface area contributed by atoms with Gasteiger partial charge < -0.3 is 15.7 Å². The molecule has 1 fully saturated rings. The molecule has 1 aromatic rings. The number of carboxylic acids is 1. The highest BCUT2D eigenvalue weighted by Gasteiger charge is 2.26. The molecule has 7 heteroatoms. The van der Waals surface area contributed by atoms with Crippen LogP contribution in [0.5, 0.6) is 0 Å². The largest absolute Gasteiger partial charge is 0.481 e. The molecule has 0 heterocycles. The van der Waals surface area contributed by atoms with E-state index in [1.54, 1.807) is 18.2 Å². The Kier molecular flexibility index (Phi) is 7.38. The van der Waals surface area contributed by atoms with E-state index in [2.05, 4.69) is 17.6 Å². The number of carbonyl (C=O) groups is 2. The monoisotopic (exact) mass is 386 g/mol. The standard InChI is InChI=1S/C18H24Cl2N2O3/c1-11-4-2-5-12(11)8-9-21-18(25)22-10-13(17(23)24)16-14(19)6-3-7-15(16)20/h3,6-7,11-13H,2,4-5,8-10H2,1H3,(H,23,24)(H2,21,22,25). The van der Waals surface area contributed by atoms with E-state index in [0.717, 1.165) is 6.42 Å². The summed E-state index contributed by atoms with van der Waals surface area (Å²) in [7, 11) is 0. The number of hydrogen-bond acceptors (Lipinski definition) is 2. The fourth-order valence-electron chi connectivity index (χ4n) is 3.44. The van der Waals surface area contributed by atoms with Crippen LogP contribution in [0.1, 0.15) is 44.1 Å². The van der Waals surface area contributed by atoms with Crippen LogP contribution in [0.3, 0.4) is 0 Å². The lowest BCUT2D eigenvalue weighted by Crippen LogP contribution is -2.40. The van der Waals surface area contributed by atoms with Crippen molar-refractivity contribution in [3.63, 3.8) is 0 Å². The molecule has 138 valence electrons. The normalized spacial score (nSPS) is 20.9. The van der Waals surface area contributed by atoms with Crippen molar-refractivity contribution in [1.82, 2.24) is 10.6 Å². The number of nitrogens with one attached hydrogen (secondary N) is 2. The summed E-state index contributed by atoms with van der Waals surface area (Å²) in [5.74, 6) is -0.713. The van der Waals surface area contributed by atoms with Gasteiger partial charge in [0.15, 0.2) is 0 Å². The van der Waals surface area contributed by atoms with E-state index in [4.69, 9.17) is 23.2 Å². The third-order valence-corrected chi connectivity index (χ3v) is 5.61. The van der Waals surface area contributed by atoms with Crippen LogP contribution in [0, 0.1) is 11.8 Å². The first-order valence-electron chi connectivity index (χ1n) is 8.58. The maximum atomic E-state index is 11.9. The van der Waals surface area contributed by atoms with Crippen LogP contribution in [-0.4, -0.2) is 30.2 Å². The summed E-state index contributed by atoms with van der Waals surface area (Å²) >= 11 is 12.2. The van der Waals surface area contributed by atoms with Gasteiger partial charge in [0.05, 0.1) is 0 Å². The minimum atomic E-state index is -1.09. The van der Waals surface area contributed by atoms with Crippen molar-refractivity contribution in [2.45, 2.75) is 38.5 Å². The highest BCUT2D eigenvalue weighted by molar-refractivity contribution is 6.36. The molecule has 3 unspecified atom stereocenters. The minimum Gasteiger partial charge on any atom is -0.481 e. The number of halogens is 2. The molecule has 0 aromatic heterocycles. The Labute approximate surface area is 158 Å². The van der Waals surface area contributed by atoms with Crippen LogP contribution in [0.15, 0.2) is 18.2 Å². The molecule has 1 saturated carbocycles. The molecule has 25 heavy (non-hydrogen) atoms. The second kappa shape index (κ2) is 9.30. The van der Waals surface area contributed by atoms with Crippen LogP contribution in [0.25, 0.3) is 0 Å². The van der Waals surface area contributed by atoms with Gasteiger partial charge >= 0.3 is 12.0 Å². The van der Waals surface area contributed by atoms with Gasteiger partial charge in [-0.3, -0.25) is 4.79 Å². The molecule has 5 nitrogen and oxygen atoms in total. The predicted molar refractivity (Wildman–Crippen MR) is 99.4 cm³/mol. The molecule has 3 N–H and O–H groups in total. The number of amides is 2. The maximum absolute atomic E-state index is 11.9. The van der Waals surface area contributed by atoms with Crippen LogP contribution in [-0.2, 0) is 4.79 Å². The van der Waals surface area contributed by atoms with Gasteiger partial charge in [-0.05, 0) is 30.4 Å². The SMILES string of the molecule is CC1CCCC1CCNC(=O)NCC(C(=O)O)c1c(Cl)cccc1Cl. The van der Waals surface area contributed by atoms with Gasteiger partial charge in [0.2, 0.25) is 0 Å². The second-order valence-corrected chi connectivity index (χ2v) is 7.43. The van der Waals surface area contributed by atoms with Crippen molar-refractivity contribution < 1.29 is 14.7 Å². The van der Waals surface area contributed by atoms with E-state index in [0.29, 0.717) is 23.9 Å². The zero-order chi connectivity index (χ0) is 18.4. The second-order valence-electron chi connectivity index (χ2n) is 6.62. The van der Waals surface area contributed by atoms with E-state index >= 15 is 0 Å². The average molecular weight is 387 g/mol.